The molecule has 0 aromatic carbocycles. The highest BCUT2D eigenvalue weighted by Gasteiger charge is 2.40. The molecule has 0 bridgehead atoms. The average Bonchev–Trinajstić information content (AvgIpc) is 2.85. The second kappa shape index (κ2) is 7.23. The molecule has 4 heteroatoms. The van der Waals surface area contributed by atoms with Crippen LogP contribution in [0.1, 0.15) is 51.8 Å². The highest BCUT2D eigenvalue weighted by atomic mass is 16.5. The summed E-state index contributed by atoms with van der Waals surface area (Å²) in [4.78, 5) is 4.49. The van der Waals surface area contributed by atoms with Gasteiger partial charge in [0, 0.05) is 38.5 Å². The number of nitrogens with one attached hydrogen (secondary N) is 1. The van der Waals surface area contributed by atoms with Crippen LogP contribution in [-0.2, 0) is 18.2 Å². The number of likely N-dealkylation sites (N-methyl/N-ethyl adjacent to an activating group) is 1. The van der Waals surface area contributed by atoms with Crippen LogP contribution >= 0.6 is 0 Å². The standard InChI is InChI=1S/C16H29N3O/c1-4-17-14(13-15-18-11-12-19(15)3)16(20-5-2)9-7-6-8-10-16/h11-12,14,17H,4-10,13H2,1-3H3. The molecular formula is C16H29N3O. The first kappa shape index (κ1) is 15.5. The van der Waals surface area contributed by atoms with Crippen molar-refractivity contribution in [2.45, 2.75) is 64.0 Å². The van der Waals surface area contributed by atoms with Crippen LogP contribution in [0.15, 0.2) is 12.4 Å². The molecule has 1 unspecified atom stereocenters. The summed E-state index contributed by atoms with van der Waals surface area (Å²) in [5, 5.41) is 3.67. The van der Waals surface area contributed by atoms with Gasteiger partial charge in [0.1, 0.15) is 5.82 Å². The van der Waals surface area contributed by atoms with E-state index in [9.17, 15) is 0 Å². The molecule has 0 aliphatic heterocycles. The Morgan fingerprint density at radius 2 is 2.10 bits per heavy atom. The zero-order chi connectivity index (χ0) is 14.4. The quantitative estimate of drug-likeness (QED) is 0.834. The van der Waals surface area contributed by atoms with Gasteiger partial charge in [-0.1, -0.05) is 26.2 Å². The third-order valence-corrected chi connectivity index (χ3v) is 4.52. The summed E-state index contributed by atoms with van der Waals surface area (Å²) >= 11 is 0. The Hall–Kier alpha value is -0.870. The normalized spacial score (nSPS) is 19.9. The maximum absolute atomic E-state index is 6.27. The van der Waals surface area contributed by atoms with Crippen LogP contribution in [0.2, 0.25) is 0 Å². The van der Waals surface area contributed by atoms with Crippen molar-refractivity contribution in [1.82, 2.24) is 14.9 Å². The molecule has 1 N–H and O–H groups in total. The summed E-state index contributed by atoms with van der Waals surface area (Å²) in [6.45, 7) is 6.06. The zero-order valence-electron chi connectivity index (χ0n) is 13.2. The fourth-order valence-electron chi connectivity index (χ4n) is 3.50. The van der Waals surface area contributed by atoms with Crippen LogP contribution in [-0.4, -0.2) is 34.3 Å². The number of hydrogen-bond acceptors (Lipinski definition) is 3. The molecule has 1 atom stereocenters. The zero-order valence-corrected chi connectivity index (χ0v) is 13.2. The van der Waals surface area contributed by atoms with Gasteiger partial charge in [-0.25, -0.2) is 4.98 Å². The number of aromatic nitrogens is 2. The number of aryl methyl sites for hydroxylation is 1. The highest BCUT2D eigenvalue weighted by Crippen LogP contribution is 2.35. The minimum Gasteiger partial charge on any atom is -0.374 e. The van der Waals surface area contributed by atoms with Crippen LogP contribution < -0.4 is 5.32 Å². The third-order valence-electron chi connectivity index (χ3n) is 4.52. The van der Waals surface area contributed by atoms with Crippen molar-refractivity contribution in [2.24, 2.45) is 7.05 Å². The van der Waals surface area contributed by atoms with Gasteiger partial charge in [0.05, 0.1) is 5.60 Å². The molecule has 1 aliphatic rings. The lowest BCUT2D eigenvalue weighted by Crippen LogP contribution is -2.55. The van der Waals surface area contributed by atoms with Crippen molar-refractivity contribution in [3.8, 4) is 0 Å². The minimum atomic E-state index is -0.00500. The molecule has 0 amide bonds. The van der Waals surface area contributed by atoms with Crippen LogP contribution in [0.3, 0.4) is 0 Å². The van der Waals surface area contributed by atoms with E-state index < -0.39 is 0 Å². The summed E-state index contributed by atoms with van der Waals surface area (Å²) in [6, 6.07) is 0.355. The Kier molecular flexibility index (Phi) is 5.61. The summed E-state index contributed by atoms with van der Waals surface area (Å²) in [5.41, 5.74) is -0.00500. The molecular weight excluding hydrogens is 250 g/mol. The van der Waals surface area contributed by atoms with E-state index in [1.165, 1.54) is 32.1 Å². The van der Waals surface area contributed by atoms with Crippen molar-refractivity contribution < 1.29 is 4.74 Å². The van der Waals surface area contributed by atoms with Crippen molar-refractivity contribution in [3.05, 3.63) is 18.2 Å². The fourth-order valence-corrected chi connectivity index (χ4v) is 3.50. The second-order valence-electron chi connectivity index (χ2n) is 5.83. The van der Waals surface area contributed by atoms with E-state index in [0.29, 0.717) is 6.04 Å². The Bertz CT molecular complexity index is 391. The molecule has 1 aromatic heterocycles. The predicted molar refractivity (Wildman–Crippen MR) is 81.8 cm³/mol. The van der Waals surface area contributed by atoms with Crippen molar-refractivity contribution in [2.75, 3.05) is 13.2 Å². The molecule has 0 saturated heterocycles. The van der Waals surface area contributed by atoms with Gasteiger partial charge < -0.3 is 14.6 Å². The van der Waals surface area contributed by atoms with Crippen LogP contribution in [0.4, 0.5) is 0 Å². The Morgan fingerprint density at radius 1 is 1.35 bits per heavy atom. The van der Waals surface area contributed by atoms with Crippen molar-refractivity contribution >= 4 is 0 Å². The number of hydrogen-bond donors (Lipinski definition) is 1. The first-order valence-electron chi connectivity index (χ1n) is 8.05. The molecule has 1 aliphatic carbocycles. The Labute approximate surface area is 122 Å². The molecule has 1 fully saturated rings. The molecule has 1 saturated carbocycles. The summed E-state index contributed by atoms with van der Waals surface area (Å²) in [5.74, 6) is 1.14. The molecule has 1 aromatic rings. The lowest BCUT2D eigenvalue weighted by Gasteiger charge is -2.43. The lowest BCUT2D eigenvalue weighted by molar-refractivity contribution is -0.0899. The van der Waals surface area contributed by atoms with Gasteiger partial charge in [-0.3, -0.25) is 0 Å². The van der Waals surface area contributed by atoms with E-state index in [2.05, 4.69) is 35.8 Å². The van der Waals surface area contributed by atoms with E-state index in [1.54, 1.807) is 0 Å². The van der Waals surface area contributed by atoms with Crippen LogP contribution in [0, 0.1) is 0 Å². The van der Waals surface area contributed by atoms with E-state index in [-0.39, 0.29) is 5.60 Å². The van der Waals surface area contributed by atoms with Gasteiger partial charge in [-0.15, -0.1) is 0 Å². The van der Waals surface area contributed by atoms with E-state index in [1.807, 2.05) is 12.4 Å². The van der Waals surface area contributed by atoms with Crippen LogP contribution in [0.25, 0.3) is 0 Å². The second-order valence-corrected chi connectivity index (χ2v) is 5.83. The van der Waals surface area contributed by atoms with Gasteiger partial charge >= 0.3 is 0 Å². The molecule has 20 heavy (non-hydrogen) atoms. The first-order chi connectivity index (χ1) is 9.72. The Balaban J connectivity index is 2.17. The fraction of sp³-hybridized carbons (Fsp3) is 0.812. The lowest BCUT2D eigenvalue weighted by atomic mass is 9.77. The van der Waals surface area contributed by atoms with E-state index in [0.717, 1.165) is 25.4 Å². The SMILES string of the molecule is CCNC(Cc1nccn1C)C1(OCC)CCCCC1. The summed E-state index contributed by atoms with van der Waals surface area (Å²) < 4.78 is 8.39. The van der Waals surface area contributed by atoms with Crippen molar-refractivity contribution in [3.63, 3.8) is 0 Å². The third kappa shape index (κ3) is 3.41. The maximum atomic E-state index is 6.27. The largest absolute Gasteiger partial charge is 0.374 e. The molecule has 2 rings (SSSR count). The molecule has 0 spiro atoms. The summed E-state index contributed by atoms with van der Waals surface area (Å²) in [7, 11) is 2.07. The summed E-state index contributed by atoms with van der Waals surface area (Å²) in [6.07, 6.45) is 11.1. The van der Waals surface area contributed by atoms with E-state index in [4.69, 9.17) is 4.74 Å². The van der Waals surface area contributed by atoms with Gasteiger partial charge in [0.25, 0.3) is 0 Å². The topological polar surface area (TPSA) is 39.1 Å². The minimum absolute atomic E-state index is 0.00500. The smallest absolute Gasteiger partial charge is 0.110 e. The van der Waals surface area contributed by atoms with Crippen molar-refractivity contribution in [1.29, 1.82) is 0 Å². The number of ether oxygens (including phenoxy) is 1. The molecule has 4 nitrogen and oxygen atoms in total. The predicted octanol–water partition coefficient (Wildman–Crippen LogP) is 2.68. The maximum Gasteiger partial charge on any atom is 0.110 e. The molecule has 0 radical (unpaired) electrons. The molecule has 114 valence electrons. The van der Waals surface area contributed by atoms with Gasteiger partial charge in [-0.05, 0) is 26.3 Å². The average molecular weight is 279 g/mol. The highest BCUT2D eigenvalue weighted by molar-refractivity contribution is 5.03. The monoisotopic (exact) mass is 279 g/mol. The van der Waals surface area contributed by atoms with Crippen LogP contribution in [0.5, 0.6) is 0 Å². The van der Waals surface area contributed by atoms with Gasteiger partial charge in [-0.2, -0.15) is 0 Å². The van der Waals surface area contributed by atoms with Gasteiger partial charge in [0.2, 0.25) is 0 Å². The van der Waals surface area contributed by atoms with E-state index >= 15 is 0 Å². The number of imidazole rings is 1. The first-order valence-corrected chi connectivity index (χ1v) is 8.05. The number of rotatable bonds is 7. The van der Waals surface area contributed by atoms with Gasteiger partial charge in [0.15, 0.2) is 0 Å². The number of nitrogens with zero attached hydrogens (tertiary/aromatic N) is 2. The molecule has 1 heterocycles. The Morgan fingerprint density at radius 3 is 2.65 bits per heavy atom.